The third kappa shape index (κ3) is 3.75. The molecule has 3 aromatic heterocycles. The molecule has 0 atom stereocenters. The van der Waals surface area contributed by atoms with Crippen LogP contribution in [0, 0.1) is 6.92 Å². The van der Waals surface area contributed by atoms with Gasteiger partial charge in [-0.05, 0) is 37.5 Å². The summed E-state index contributed by atoms with van der Waals surface area (Å²) in [6, 6.07) is 5.67. The number of aromatic nitrogens is 4. The number of H-pyrrole nitrogens is 1. The van der Waals surface area contributed by atoms with Crippen LogP contribution in [0.25, 0.3) is 11.0 Å². The van der Waals surface area contributed by atoms with Crippen molar-refractivity contribution < 1.29 is 0 Å². The Bertz CT molecular complexity index is 1100. The number of piperazine rings is 1. The molecular weight excluding hydrogens is 378 g/mol. The number of aromatic amines is 1. The van der Waals surface area contributed by atoms with Crippen LogP contribution in [-0.2, 0) is 0 Å². The van der Waals surface area contributed by atoms with Crippen LogP contribution in [0.5, 0.6) is 0 Å². The first-order chi connectivity index (χ1) is 14.7. The molecule has 1 saturated heterocycles. The largest absolute Gasteiger partial charge is 0.368 e. The monoisotopic (exact) mass is 405 g/mol. The highest BCUT2D eigenvalue weighted by Crippen LogP contribution is 2.37. The maximum absolute atomic E-state index is 12.0. The summed E-state index contributed by atoms with van der Waals surface area (Å²) in [5, 5.41) is 7.59. The number of hydrogen-bond acceptors (Lipinski definition) is 7. The van der Waals surface area contributed by atoms with Crippen LogP contribution in [0.15, 0.2) is 29.2 Å². The van der Waals surface area contributed by atoms with Gasteiger partial charge in [0, 0.05) is 43.5 Å². The Morgan fingerprint density at radius 3 is 2.67 bits per heavy atom. The van der Waals surface area contributed by atoms with E-state index < -0.39 is 0 Å². The van der Waals surface area contributed by atoms with Gasteiger partial charge in [-0.25, -0.2) is 9.97 Å². The highest BCUT2D eigenvalue weighted by Gasteiger charge is 2.23. The van der Waals surface area contributed by atoms with Crippen LogP contribution < -0.4 is 21.1 Å². The SMILES string of the molecule is Cc1cc(=O)[nH]c2nc(Nc3ccc(N4CCNCC4)cn3)nc(C3CCCC3)c12. The summed E-state index contributed by atoms with van der Waals surface area (Å²) >= 11 is 0. The van der Waals surface area contributed by atoms with Crippen molar-refractivity contribution in [3.63, 3.8) is 0 Å². The second kappa shape index (κ2) is 8.02. The summed E-state index contributed by atoms with van der Waals surface area (Å²) in [5.74, 6) is 1.58. The summed E-state index contributed by atoms with van der Waals surface area (Å²) in [6.07, 6.45) is 6.58. The highest BCUT2D eigenvalue weighted by atomic mass is 16.1. The van der Waals surface area contributed by atoms with Gasteiger partial charge >= 0.3 is 0 Å². The minimum atomic E-state index is -0.138. The standard InChI is InChI=1S/C22H27N7O/c1-14-12-18(30)26-21-19(14)20(15-4-2-3-5-15)27-22(28-21)25-17-7-6-16(13-24-17)29-10-8-23-9-11-29/h6-7,12-13,15,23H,2-5,8-11H2,1H3,(H2,24,25,26,27,28,30). The molecule has 0 spiro atoms. The van der Waals surface area contributed by atoms with E-state index in [1.54, 1.807) is 6.07 Å². The van der Waals surface area contributed by atoms with E-state index in [1.807, 2.05) is 19.2 Å². The van der Waals surface area contributed by atoms with Gasteiger partial charge in [0.15, 0.2) is 0 Å². The zero-order chi connectivity index (χ0) is 20.5. The zero-order valence-corrected chi connectivity index (χ0v) is 17.2. The number of nitrogens with zero attached hydrogens (tertiary/aromatic N) is 4. The molecular formula is C22H27N7O. The Morgan fingerprint density at radius 2 is 1.93 bits per heavy atom. The lowest BCUT2D eigenvalue weighted by atomic mass is 9.98. The van der Waals surface area contributed by atoms with E-state index in [0.717, 1.165) is 61.4 Å². The van der Waals surface area contributed by atoms with Crippen molar-refractivity contribution in [1.82, 2.24) is 25.3 Å². The van der Waals surface area contributed by atoms with E-state index in [-0.39, 0.29) is 5.56 Å². The smallest absolute Gasteiger partial charge is 0.249 e. The van der Waals surface area contributed by atoms with Gasteiger partial charge in [-0.15, -0.1) is 0 Å². The molecule has 0 aromatic carbocycles. The van der Waals surface area contributed by atoms with Crippen molar-refractivity contribution in [2.45, 2.75) is 38.5 Å². The van der Waals surface area contributed by atoms with E-state index in [9.17, 15) is 4.79 Å². The number of hydrogen-bond donors (Lipinski definition) is 3. The van der Waals surface area contributed by atoms with Crippen LogP contribution in [0.2, 0.25) is 0 Å². The quantitative estimate of drug-likeness (QED) is 0.614. The fourth-order valence-electron chi connectivity index (χ4n) is 4.61. The average molecular weight is 406 g/mol. The molecule has 2 aliphatic rings. The lowest BCUT2D eigenvalue weighted by Gasteiger charge is -2.29. The third-order valence-electron chi connectivity index (χ3n) is 6.13. The Balaban J connectivity index is 1.47. The minimum Gasteiger partial charge on any atom is -0.368 e. The summed E-state index contributed by atoms with van der Waals surface area (Å²) in [6.45, 7) is 5.92. The fraction of sp³-hybridized carbons (Fsp3) is 0.455. The number of aryl methyl sites for hydroxylation is 1. The Morgan fingerprint density at radius 1 is 1.13 bits per heavy atom. The number of fused-ring (bicyclic) bond motifs is 1. The van der Waals surface area contributed by atoms with Crippen molar-refractivity contribution in [2.24, 2.45) is 0 Å². The number of rotatable bonds is 4. The van der Waals surface area contributed by atoms with E-state index in [0.29, 0.717) is 23.3 Å². The molecule has 3 N–H and O–H groups in total. The molecule has 1 saturated carbocycles. The van der Waals surface area contributed by atoms with Crippen molar-refractivity contribution >= 4 is 28.5 Å². The number of anilines is 3. The predicted molar refractivity (Wildman–Crippen MR) is 119 cm³/mol. The molecule has 30 heavy (non-hydrogen) atoms. The molecule has 0 radical (unpaired) electrons. The summed E-state index contributed by atoms with van der Waals surface area (Å²) in [5.41, 5.74) is 3.54. The van der Waals surface area contributed by atoms with Crippen molar-refractivity contribution in [3.8, 4) is 0 Å². The molecule has 5 rings (SSSR count). The molecule has 1 aliphatic heterocycles. The second-order valence-corrected chi connectivity index (χ2v) is 8.22. The maximum Gasteiger partial charge on any atom is 0.249 e. The first-order valence-corrected chi connectivity index (χ1v) is 10.8. The normalized spacial score (nSPS) is 17.6. The molecule has 3 aromatic rings. The molecule has 156 valence electrons. The van der Waals surface area contributed by atoms with E-state index in [4.69, 9.17) is 4.98 Å². The van der Waals surface area contributed by atoms with Gasteiger partial charge in [-0.2, -0.15) is 4.98 Å². The van der Waals surface area contributed by atoms with Gasteiger partial charge in [-0.3, -0.25) is 4.79 Å². The van der Waals surface area contributed by atoms with Gasteiger partial charge in [-0.1, -0.05) is 12.8 Å². The zero-order valence-electron chi connectivity index (χ0n) is 17.2. The first-order valence-electron chi connectivity index (χ1n) is 10.8. The van der Waals surface area contributed by atoms with Gasteiger partial charge in [0.1, 0.15) is 11.5 Å². The summed E-state index contributed by atoms with van der Waals surface area (Å²) in [4.78, 5) is 31.3. The molecule has 4 heterocycles. The van der Waals surface area contributed by atoms with Crippen molar-refractivity contribution in [1.29, 1.82) is 0 Å². The van der Waals surface area contributed by atoms with Gasteiger partial charge < -0.3 is 20.5 Å². The maximum atomic E-state index is 12.0. The van der Waals surface area contributed by atoms with Crippen LogP contribution in [-0.4, -0.2) is 46.1 Å². The Labute approximate surface area is 175 Å². The van der Waals surface area contributed by atoms with Gasteiger partial charge in [0.2, 0.25) is 11.5 Å². The molecule has 8 nitrogen and oxygen atoms in total. The third-order valence-corrected chi connectivity index (χ3v) is 6.13. The van der Waals surface area contributed by atoms with Crippen molar-refractivity contribution in [2.75, 3.05) is 36.4 Å². The molecule has 2 fully saturated rings. The Hall–Kier alpha value is -3.00. The topological polar surface area (TPSA) is 98.8 Å². The van der Waals surface area contributed by atoms with Crippen LogP contribution in [0.4, 0.5) is 17.5 Å². The van der Waals surface area contributed by atoms with Crippen LogP contribution in [0.3, 0.4) is 0 Å². The van der Waals surface area contributed by atoms with Gasteiger partial charge in [0.25, 0.3) is 0 Å². The van der Waals surface area contributed by atoms with Crippen molar-refractivity contribution in [3.05, 3.63) is 46.0 Å². The second-order valence-electron chi connectivity index (χ2n) is 8.22. The van der Waals surface area contributed by atoms with Crippen LogP contribution in [0.1, 0.15) is 42.9 Å². The fourth-order valence-corrected chi connectivity index (χ4v) is 4.61. The van der Waals surface area contributed by atoms with E-state index in [2.05, 4.69) is 36.6 Å². The highest BCUT2D eigenvalue weighted by molar-refractivity contribution is 5.82. The van der Waals surface area contributed by atoms with Crippen LogP contribution >= 0.6 is 0 Å². The molecule has 0 amide bonds. The number of nitrogens with one attached hydrogen (secondary N) is 3. The summed E-state index contributed by atoms with van der Waals surface area (Å²) in [7, 11) is 0. The Kier molecular flexibility index (Phi) is 5.08. The molecule has 1 aliphatic carbocycles. The van der Waals surface area contributed by atoms with Gasteiger partial charge in [0.05, 0.1) is 17.6 Å². The lowest BCUT2D eigenvalue weighted by Crippen LogP contribution is -2.43. The summed E-state index contributed by atoms with van der Waals surface area (Å²) < 4.78 is 0. The van der Waals surface area contributed by atoms with E-state index >= 15 is 0 Å². The number of pyridine rings is 2. The average Bonchev–Trinajstić information content (AvgIpc) is 3.29. The minimum absolute atomic E-state index is 0.138. The molecule has 0 bridgehead atoms. The van der Waals surface area contributed by atoms with E-state index in [1.165, 1.54) is 12.8 Å². The molecule has 0 unspecified atom stereocenters. The predicted octanol–water partition coefficient (Wildman–Crippen LogP) is 2.83. The molecule has 8 heteroatoms. The first kappa shape index (κ1) is 19.0. The lowest BCUT2D eigenvalue weighted by molar-refractivity contribution is 0.589.